The fourth-order valence-electron chi connectivity index (χ4n) is 1.62. The Bertz CT molecular complexity index is 374. The van der Waals surface area contributed by atoms with Gasteiger partial charge in [-0.05, 0) is 38.0 Å². The molecule has 0 aliphatic carbocycles. The second-order valence-electron chi connectivity index (χ2n) is 3.95. The zero-order valence-electron chi connectivity index (χ0n) is 10.4. The van der Waals surface area contributed by atoms with E-state index in [0.29, 0.717) is 6.61 Å². The molecule has 0 heterocycles. The Kier molecular flexibility index (Phi) is 4.35. The van der Waals surface area contributed by atoms with Gasteiger partial charge in [-0.25, -0.2) is 0 Å². The minimum Gasteiger partial charge on any atom is -0.465 e. The monoisotopic (exact) mass is 221 g/mol. The maximum atomic E-state index is 11.4. The summed E-state index contributed by atoms with van der Waals surface area (Å²) in [6.07, 6.45) is 0. The standard InChI is InChI=1S/C13H19NO2/c1-5-16-13(15)9-14(4)12-8-10(2)6-7-11(12)3/h6-8H,5,9H2,1-4H3. The van der Waals surface area contributed by atoms with Crippen molar-refractivity contribution in [2.75, 3.05) is 25.1 Å². The molecule has 3 heteroatoms. The van der Waals surface area contributed by atoms with E-state index in [9.17, 15) is 4.79 Å². The molecular formula is C13H19NO2. The van der Waals surface area contributed by atoms with Crippen LogP contribution in [0.1, 0.15) is 18.1 Å². The van der Waals surface area contributed by atoms with Crippen molar-refractivity contribution < 1.29 is 9.53 Å². The van der Waals surface area contributed by atoms with Gasteiger partial charge in [0, 0.05) is 12.7 Å². The predicted octanol–water partition coefficient (Wildman–Crippen LogP) is 2.30. The first-order valence-electron chi connectivity index (χ1n) is 5.48. The summed E-state index contributed by atoms with van der Waals surface area (Å²) in [7, 11) is 1.90. The minimum absolute atomic E-state index is 0.189. The SMILES string of the molecule is CCOC(=O)CN(C)c1cc(C)ccc1C. The average molecular weight is 221 g/mol. The van der Waals surface area contributed by atoms with Gasteiger partial charge in [0.1, 0.15) is 6.54 Å². The van der Waals surface area contributed by atoms with Gasteiger partial charge in [0.05, 0.1) is 6.61 Å². The number of anilines is 1. The van der Waals surface area contributed by atoms with E-state index in [1.807, 2.05) is 32.7 Å². The summed E-state index contributed by atoms with van der Waals surface area (Å²) >= 11 is 0. The highest BCUT2D eigenvalue weighted by molar-refractivity contribution is 5.76. The van der Waals surface area contributed by atoms with Crippen LogP contribution in [0.3, 0.4) is 0 Å². The smallest absolute Gasteiger partial charge is 0.325 e. The molecule has 1 rings (SSSR count). The molecule has 0 aliphatic rings. The number of benzene rings is 1. The molecule has 0 bridgehead atoms. The van der Waals surface area contributed by atoms with Crippen molar-refractivity contribution in [2.45, 2.75) is 20.8 Å². The van der Waals surface area contributed by atoms with Crippen LogP contribution in [0.2, 0.25) is 0 Å². The van der Waals surface area contributed by atoms with E-state index in [2.05, 4.69) is 18.2 Å². The topological polar surface area (TPSA) is 29.5 Å². The molecule has 0 saturated heterocycles. The Hall–Kier alpha value is -1.51. The molecule has 1 aromatic carbocycles. The van der Waals surface area contributed by atoms with Crippen LogP contribution in [0.15, 0.2) is 18.2 Å². The third kappa shape index (κ3) is 3.26. The Labute approximate surface area is 97.0 Å². The zero-order chi connectivity index (χ0) is 12.1. The van der Waals surface area contributed by atoms with Crippen LogP contribution in [0.25, 0.3) is 0 Å². The lowest BCUT2D eigenvalue weighted by atomic mass is 10.1. The van der Waals surface area contributed by atoms with Gasteiger partial charge in [0.2, 0.25) is 0 Å². The van der Waals surface area contributed by atoms with Crippen molar-refractivity contribution >= 4 is 11.7 Å². The van der Waals surface area contributed by atoms with Gasteiger partial charge in [0.25, 0.3) is 0 Å². The third-order valence-electron chi connectivity index (χ3n) is 2.45. The Morgan fingerprint density at radius 1 is 1.38 bits per heavy atom. The van der Waals surface area contributed by atoms with E-state index < -0.39 is 0 Å². The lowest BCUT2D eigenvalue weighted by Gasteiger charge is -2.20. The number of hydrogen-bond acceptors (Lipinski definition) is 3. The van der Waals surface area contributed by atoms with Crippen LogP contribution in [0, 0.1) is 13.8 Å². The van der Waals surface area contributed by atoms with Crippen LogP contribution in [-0.2, 0) is 9.53 Å². The van der Waals surface area contributed by atoms with Crippen molar-refractivity contribution in [3.05, 3.63) is 29.3 Å². The largest absolute Gasteiger partial charge is 0.465 e. The number of rotatable bonds is 4. The summed E-state index contributed by atoms with van der Waals surface area (Å²) in [6.45, 7) is 6.62. The van der Waals surface area contributed by atoms with Gasteiger partial charge >= 0.3 is 5.97 Å². The normalized spacial score (nSPS) is 10.0. The molecule has 0 N–H and O–H groups in total. The molecule has 0 radical (unpaired) electrons. The molecule has 0 spiro atoms. The first-order valence-corrected chi connectivity index (χ1v) is 5.48. The number of carbonyl (C=O) groups is 1. The van der Waals surface area contributed by atoms with Crippen LogP contribution in [0.4, 0.5) is 5.69 Å². The number of esters is 1. The van der Waals surface area contributed by atoms with Crippen LogP contribution < -0.4 is 4.90 Å². The number of hydrogen-bond donors (Lipinski definition) is 0. The van der Waals surface area contributed by atoms with E-state index in [0.717, 1.165) is 11.3 Å². The summed E-state index contributed by atoms with van der Waals surface area (Å²) in [5.74, 6) is -0.189. The number of carbonyl (C=O) groups excluding carboxylic acids is 1. The molecule has 1 aromatic rings. The van der Waals surface area contributed by atoms with Crippen LogP contribution >= 0.6 is 0 Å². The zero-order valence-corrected chi connectivity index (χ0v) is 10.4. The number of nitrogens with zero attached hydrogens (tertiary/aromatic N) is 1. The van der Waals surface area contributed by atoms with Gasteiger partial charge in [-0.1, -0.05) is 12.1 Å². The van der Waals surface area contributed by atoms with Gasteiger partial charge < -0.3 is 9.64 Å². The van der Waals surface area contributed by atoms with E-state index in [1.165, 1.54) is 5.56 Å². The lowest BCUT2D eigenvalue weighted by molar-refractivity contribution is -0.141. The summed E-state index contributed by atoms with van der Waals surface area (Å²) < 4.78 is 4.92. The lowest BCUT2D eigenvalue weighted by Crippen LogP contribution is -2.27. The van der Waals surface area contributed by atoms with Crippen molar-refractivity contribution in [2.24, 2.45) is 0 Å². The second-order valence-corrected chi connectivity index (χ2v) is 3.95. The van der Waals surface area contributed by atoms with Crippen molar-refractivity contribution in [1.29, 1.82) is 0 Å². The van der Waals surface area contributed by atoms with E-state index in [1.54, 1.807) is 0 Å². The molecule has 0 aromatic heterocycles. The maximum Gasteiger partial charge on any atom is 0.325 e. The number of ether oxygens (including phenoxy) is 1. The number of likely N-dealkylation sites (N-methyl/N-ethyl adjacent to an activating group) is 1. The third-order valence-corrected chi connectivity index (χ3v) is 2.45. The molecular weight excluding hydrogens is 202 g/mol. The highest BCUT2D eigenvalue weighted by Gasteiger charge is 2.10. The van der Waals surface area contributed by atoms with Crippen molar-refractivity contribution in [3.63, 3.8) is 0 Å². The number of aryl methyl sites for hydroxylation is 2. The summed E-state index contributed by atoms with van der Waals surface area (Å²) in [6, 6.07) is 6.21. The molecule has 0 aliphatic heterocycles. The maximum absolute atomic E-state index is 11.4. The Balaban J connectivity index is 2.76. The summed E-state index contributed by atoms with van der Waals surface area (Å²) in [5.41, 5.74) is 3.43. The van der Waals surface area contributed by atoms with E-state index >= 15 is 0 Å². The fraction of sp³-hybridized carbons (Fsp3) is 0.462. The summed E-state index contributed by atoms with van der Waals surface area (Å²) in [5, 5.41) is 0. The Morgan fingerprint density at radius 3 is 2.69 bits per heavy atom. The molecule has 3 nitrogen and oxygen atoms in total. The molecule has 88 valence electrons. The highest BCUT2D eigenvalue weighted by atomic mass is 16.5. The van der Waals surface area contributed by atoms with Crippen molar-refractivity contribution in [1.82, 2.24) is 0 Å². The van der Waals surface area contributed by atoms with Crippen molar-refractivity contribution in [3.8, 4) is 0 Å². The Morgan fingerprint density at radius 2 is 2.06 bits per heavy atom. The van der Waals surface area contributed by atoms with E-state index in [4.69, 9.17) is 4.74 Å². The molecule has 0 atom stereocenters. The highest BCUT2D eigenvalue weighted by Crippen LogP contribution is 2.19. The quantitative estimate of drug-likeness (QED) is 0.731. The average Bonchev–Trinajstić information content (AvgIpc) is 2.21. The first kappa shape index (κ1) is 12.6. The minimum atomic E-state index is -0.189. The molecule has 0 unspecified atom stereocenters. The van der Waals surface area contributed by atoms with Gasteiger partial charge in [0.15, 0.2) is 0 Å². The molecule has 0 amide bonds. The predicted molar refractivity (Wildman–Crippen MR) is 65.8 cm³/mol. The fourth-order valence-corrected chi connectivity index (χ4v) is 1.62. The van der Waals surface area contributed by atoms with E-state index in [-0.39, 0.29) is 12.5 Å². The molecule has 0 saturated carbocycles. The molecule has 0 fully saturated rings. The van der Waals surface area contributed by atoms with Crippen LogP contribution in [-0.4, -0.2) is 26.2 Å². The van der Waals surface area contributed by atoms with Crippen LogP contribution in [0.5, 0.6) is 0 Å². The molecule has 16 heavy (non-hydrogen) atoms. The van der Waals surface area contributed by atoms with Gasteiger partial charge in [-0.3, -0.25) is 4.79 Å². The first-order chi connectivity index (χ1) is 7.54. The second kappa shape index (κ2) is 5.54. The van der Waals surface area contributed by atoms with Gasteiger partial charge in [-0.15, -0.1) is 0 Å². The summed E-state index contributed by atoms with van der Waals surface area (Å²) in [4.78, 5) is 13.3. The van der Waals surface area contributed by atoms with Gasteiger partial charge in [-0.2, -0.15) is 0 Å².